The number of rotatable bonds is 4. The van der Waals surface area contributed by atoms with Gasteiger partial charge in [-0.05, 0) is 32.0 Å². The van der Waals surface area contributed by atoms with Crippen LogP contribution in [0.25, 0.3) is 10.9 Å². The Balaban J connectivity index is 1.65. The van der Waals surface area contributed by atoms with Crippen LogP contribution < -0.4 is 5.32 Å². The molecule has 5 heteroatoms. The maximum Gasteiger partial charge on any atom is 0.293 e. The smallest absolute Gasteiger partial charge is 0.293 e. The molecule has 3 rings (SSSR count). The zero-order valence-electron chi connectivity index (χ0n) is 15.1. The number of nitrogens with one attached hydrogen (secondary N) is 2. The highest BCUT2D eigenvalue weighted by Crippen LogP contribution is 2.22. The van der Waals surface area contributed by atoms with Gasteiger partial charge in [-0.25, -0.2) is 0 Å². The Labute approximate surface area is 156 Å². The van der Waals surface area contributed by atoms with Gasteiger partial charge in [0, 0.05) is 27.7 Å². The van der Waals surface area contributed by atoms with Gasteiger partial charge >= 0.3 is 0 Å². The molecule has 1 amide bonds. The first-order valence-corrected chi connectivity index (χ1v) is 8.47. The molecule has 0 bridgehead atoms. The van der Waals surface area contributed by atoms with Crippen LogP contribution in [0.15, 0.2) is 48.5 Å². The number of Topliss-reactive ketones (excluding diaryl/α,β-unsaturated/α-hetero) is 2. The van der Waals surface area contributed by atoms with E-state index in [2.05, 4.69) is 22.1 Å². The highest BCUT2D eigenvalue weighted by atomic mass is 16.2. The van der Waals surface area contributed by atoms with Gasteiger partial charge in [0.15, 0.2) is 5.78 Å². The van der Waals surface area contributed by atoms with Gasteiger partial charge in [0.05, 0.1) is 12.1 Å². The molecule has 27 heavy (non-hydrogen) atoms. The number of hydrogen-bond acceptors (Lipinski definition) is 3. The van der Waals surface area contributed by atoms with E-state index in [-0.39, 0.29) is 12.3 Å². The summed E-state index contributed by atoms with van der Waals surface area (Å²) in [6.07, 6.45) is 0. The highest BCUT2D eigenvalue weighted by Gasteiger charge is 2.21. The van der Waals surface area contributed by atoms with Crippen LogP contribution in [0.4, 0.5) is 0 Å². The highest BCUT2D eigenvalue weighted by molar-refractivity contribution is 6.45. The van der Waals surface area contributed by atoms with Gasteiger partial charge in [0.1, 0.15) is 0 Å². The molecule has 0 fully saturated rings. The van der Waals surface area contributed by atoms with E-state index in [0.717, 1.165) is 16.5 Å². The summed E-state index contributed by atoms with van der Waals surface area (Å²) in [6.45, 7) is 3.33. The van der Waals surface area contributed by atoms with Crippen LogP contribution in [0.2, 0.25) is 0 Å². The van der Waals surface area contributed by atoms with Crippen LogP contribution in [0.1, 0.15) is 38.9 Å². The molecule has 0 radical (unpaired) electrons. The summed E-state index contributed by atoms with van der Waals surface area (Å²) in [4.78, 5) is 39.0. The number of H-pyrrole nitrogens is 1. The van der Waals surface area contributed by atoms with Crippen LogP contribution in [0, 0.1) is 18.8 Å². The van der Waals surface area contributed by atoms with Gasteiger partial charge in [-0.3, -0.25) is 14.4 Å². The largest absolute Gasteiger partial charge is 0.358 e. The van der Waals surface area contributed by atoms with E-state index in [1.54, 1.807) is 31.2 Å². The third kappa shape index (κ3) is 3.96. The molecule has 1 heterocycles. The number of amides is 1. The van der Waals surface area contributed by atoms with Crippen molar-refractivity contribution in [2.45, 2.75) is 13.8 Å². The van der Waals surface area contributed by atoms with E-state index in [0.29, 0.717) is 16.8 Å². The summed E-state index contributed by atoms with van der Waals surface area (Å²) in [5, 5.41) is 3.26. The fourth-order valence-corrected chi connectivity index (χ4v) is 2.82. The first kappa shape index (κ1) is 18.2. The monoisotopic (exact) mass is 358 g/mol. The van der Waals surface area contributed by atoms with Crippen molar-refractivity contribution >= 4 is 28.4 Å². The van der Waals surface area contributed by atoms with E-state index in [9.17, 15) is 14.4 Å². The number of aryl methyl sites for hydroxylation is 1. The van der Waals surface area contributed by atoms with Crippen molar-refractivity contribution < 1.29 is 14.4 Å². The number of carbonyl (C=O) groups is 3. The van der Waals surface area contributed by atoms with Crippen molar-refractivity contribution in [3.63, 3.8) is 0 Å². The molecule has 0 aliphatic carbocycles. The van der Waals surface area contributed by atoms with Gasteiger partial charge in [0.2, 0.25) is 0 Å². The maximum absolute atomic E-state index is 12.5. The quantitative estimate of drug-likeness (QED) is 0.427. The lowest BCUT2D eigenvalue weighted by molar-refractivity contribution is -0.116. The standard InChI is InChI=1S/C22H18N2O3/c1-14-20(18-7-3-4-8-19(18)24-14)21(26)22(27)23-13-5-6-16-9-11-17(12-10-16)15(2)25/h3-4,7-12,24H,13H2,1-2H3,(H,23,27). The summed E-state index contributed by atoms with van der Waals surface area (Å²) in [5.74, 6) is 4.41. The Morgan fingerprint density at radius 3 is 2.44 bits per heavy atom. The second-order valence-electron chi connectivity index (χ2n) is 6.12. The molecule has 0 saturated heterocycles. The van der Waals surface area contributed by atoms with Crippen molar-refractivity contribution in [2.24, 2.45) is 0 Å². The average Bonchev–Trinajstić information content (AvgIpc) is 3.00. The fourth-order valence-electron chi connectivity index (χ4n) is 2.82. The van der Waals surface area contributed by atoms with E-state index < -0.39 is 11.7 Å². The lowest BCUT2D eigenvalue weighted by Gasteiger charge is -2.01. The second-order valence-corrected chi connectivity index (χ2v) is 6.12. The zero-order valence-corrected chi connectivity index (χ0v) is 15.1. The molecule has 5 nitrogen and oxygen atoms in total. The fraction of sp³-hybridized carbons (Fsp3) is 0.136. The maximum atomic E-state index is 12.5. The summed E-state index contributed by atoms with van der Waals surface area (Å²) >= 11 is 0. The lowest BCUT2D eigenvalue weighted by Crippen LogP contribution is -2.31. The molecular formula is C22H18N2O3. The summed E-state index contributed by atoms with van der Waals surface area (Å²) in [7, 11) is 0. The Morgan fingerprint density at radius 1 is 1.04 bits per heavy atom. The second kappa shape index (κ2) is 7.71. The van der Waals surface area contributed by atoms with Gasteiger partial charge < -0.3 is 10.3 Å². The van der Waals surface area contributed by atoms with Gasteiger partial charge in [-0.15, -0.1) is 0 Å². The lowest BCUT2D eigenvalue weighted by atomic mass is 10.1. The normalized spacial score (nSPS) is 10.1. The molecule has 0 spiro atoms. The van der Waals surface area contributed by atoms with E-state index >= 15 is 0 Å². The number of ketones is 2. The van der Waals surface area contributed by atoms with E-state index in [1.807, 2.05) is 24.3 Å². The molecule has 0 saturated carbocycles. The first-order valence-electron chi connectivity index (χ1n) is 8.47. The number of benzene rings is 2. The zero-order chi connectivity index (χ0) is 19.4. The van der Waals surface area contributed by atoms with Crippen LogP contribution in [-0.4, -0.2) is 29.0 Å². The van der Waals surface area contributed by atoms with Gasteiger partial charge in [-0.2, -0.15) is 0 Å². The summed E-state index contributed by atoms with van der Waals surface area (Å²) in [6, 6.07) is 14.3. The molecule has 1 aromatic heterocycles. The van der Waals surface area contributed by atoms with Crippen LogP contribution in [0.3, 0.4) is 0 Å². The third-order valence-corrected chi connectivity index (χ3v) is 4.19. The van der Waals surface area contributed by atoms with Crippen molar-refractivity contribution in [3.05, 3.63) is 70.9 Å². The molecule has 2 aromatic carbocycles. The number of aromatic nitrogens is 1. The summed E-state index contributed by atoms with van der Waals surface area (Å²) in [5.41, 5.74) is 3.21. The molecule has 0 aliphatic rings. The number of carbonyl (C=O) groups excluding carboxylic acids is 3. The Morgan fingerprint density at radius 2 is 1.74 bits per heavy atom. The number of para-hydroxylation sites is 1. The molecule has 2 N–H and O–H groups in total. The number of aromatic amines is 1. The van der Waals surface area contributed by atoms with Crippen molar-refractivity contribution in [2.75, 3.05) is 6.54 Å². The van der Waals surface area contributed by atoms with Crippen LogP contribution in [0.5, 0.6) is 0 Å². The van der Waals surface area contributed by atoms with Crippen molar-refractivity contribution in [1.82, 2.24) is 10.3 Å². The molecular weight excluding hydrogens is 340 g/mol. The van der Waals surface area contributed by atoms with Crippen LogP contribution in [-0.2, 0) is 4.79 Å². The minimum Gasteiger partial charge on any atom is -0.358 e. The Hall–Kier alpha value is -3.65. The minimum absolute atomic E-state index is 0.00661. The predicted octanol–water partition coefficient (Wildman–Crippen LogP) is 3.03. The van der Waals surface area contributed by atoms with Gasteiger partial charge in [-0.1, -0.05) is 42.2 Å². The predicted molar refractivity (Wildman–Crippen MR) is 104 cm³/mol. The van der Waals surface area contributed by atoms with Gasteiger partial charge in [0.25, 0.3) is 11.7 Å². The molecule has 0 aliphatic heterocycles. The molecule has 0 unspecified atom stereocenters. The van der Waals surface area contributed by atoms with Crippen molar-refractivity contribution in [3.8, 4) is 11.8 Å². The van der Waals surface area contributed by atoms with E-state index in [1.165, 1.54) is 6.92 Å². The SMILES string of the molecule is CC(=O)c1ccc(C#CCNC(=O)C(=O)c2c(C)[nH]c3ccccc23)cc1. The Kier molecular flexibility index (Phi) is 5.18. The number of fused-ring (bicyclic) bond motifs is 1. The Bertz CT molecular complexity index is 1100. The average molecular weight is 358 g/mol. The van der Waals surface area contributed by atoms with Crippen molar-refractivity contribution in [1.29, 1.82) is 0 Å². The number of hydrogen-bond donors (Lipinski definition) is 2. The van der Waals surface area contributed by atoms with E-state index in [4.69, 9.17) is 0 Å². The summed E-state index contributed by atoms with van der Waals surface area (Å²) < 4.78 is 0. The van der Waals surface area contributed by atoms with Crippen LogP contribution >= 0.6 is 0 Å². The topological polar surface area (TPSA) is 79.0 Å². The molecule has 3 aromatic rings. The molecule has 0 atom stereocenters. The minimum atomic E-state index is -0.691. The molecule has 134 valence electrons. The first-order chi connectivity index (χ1) is 13.0. The third-order valence-electron chi connectivity index (χ3n) is 4.19.